The van der Waals surface area contributed by atoms with E-state index in [1.54, 1.807) is 25.3 Å². The van der Waals surface area contributed by atoms with Gasteiger partial charge in [-0.2, -0.15) is 0 Å². The number of halogens is 1. The molecule has 2 bridgehead atoms. The molecular formula is C25H29FN4O4. The zero-order valence-corrected chi connectivity index (χ0v) is 19.1. The monoisotopic (exact) mass is 468 g/mol. The SMILES string of the molecule is Cc1ccc(OCC(=O)NC23CCC(NC(=O)c4cnc(C5CC5)cn4)(CC2)C[C@@H]3O)cc1F. The zero-order chi connectivity index (χ0) is 23.9. The van der Waals surface area contributed by atoms with Crippen LogP contribution in [0.1, 0.15) is 72.6 Å². The molecule has 8 nitrogen and oxygen atoms in total. The maximum absolute atomic E-state index is 13.7. The predicted octanol–water partition coefficient (Wildman–Crippen LogP) is 2.54. The van der Waals surface area contributed by atoms with E-state index in [-0.39, 0.29) is 29.9 Å². The number of ether oxygens (including phenoxy) is 1. The molecule has 0 saturated heterocycles. The fraction of sp³-hybridized carbons (Fsp3) is 0.520. The number of nitrogens with zero attached hydrogens (tertiary/aromatic N) is 2. The lowest BCUT2D eigenvalue weighted by atomic mass is 9.60. The zero-order valence-electron chi connectivity index (χ0n) is 19.1. The molecular weight excluding hydrogens is 439 g/mol. The summed E-state index contributed by atoms with van der Waals surface area (Å²) < 4.78 is 19.1. The van der Waals surface area contributed by atoms with E-state index in [0.717, 1.165) is 18.5 Å². The van der Waals surface area contributed by atoms with Gasteiger partial charge in [0.15, 0.2) is 6.61 Å². The molecule has 0 radical (unpaired) electrons. The fourth-order valence-electron chi connectivity index (χ4n) is 5.14. The molecule has 0 spiro atoms. The fourth-order valence-corrected chi connectivity index (χ4v) is 5.14. The first-order chi connectivity index (χ1) is 16.3. The van der Waals surface area contributed by atoms with Crippen LogP contribution in [0.4, 0.5) is 4.39 Å². The Morgan fingerprint density at radius 1 is 1.15 bits per heavy atom. The van der Waals surface area contributed by atoms with Gasteiger partial charge in [0.05, 0.1) is 23.5 Å². The molecule has 180 valence electrons. The first-order valence-electron chi connectivity index (χ1n) is 11.8. The average Bonchev–Trinajstić information content (AvgIpc) is 3.67. The Morgan fingerprint density at radius 3 is 2.53 bits per heavy atom. The van der Waals surface area contributed by atoms with Crippen molar-refractivity contribution in [2.45, 2.75) is 75.0 Å². The third-order valence-corrected chi connectivity index (χ3v) is 7.50. The Hall–Kier alpha value is -3.07. The topological polar surface area (TPSA) is 113 Å². The van der Waals surface area contributed by atoms with Gasteiger partial charge in [0.2, 0.25) is 0 Å². The van der Waals surface area contributed by atoms with E-state index < -0.39 is 23.0 Å². The molecule has 4 saturated carbocycles. The second-order valence-electron chi connectivity index (χ2n) is 9.96. The van der Waals surface area contributed by atoms with Crippen LogP contribution in [-0.4, -0.2) is 50.7 Å². The van der Waals surface area contributed by atoms with Crippen LogP contribution in [0.25, 0.3) is 0 Å². The van der Waals surface area contributed by atoms with E-state index in [9.17, 15) is 19.1 Å². The van der Waals surface area contributed by atoms with Gasteiger partial charge < -0.3 is 20.5 Å². The van der Waals surface area contributed by atoms with Crippen molar-refractivity contribution >= 4 is 11.8 Å². The highest BCUT2D eigenvalue weighted by atomic mass is 19.1. The van der Waals surface area contributed by atoms with E-state index in [1.807, 2.05) is 0 Å². The highest BCUT2D eigenvalue weighted by Gasteiger charge is 2.55. The van der Waals surface area contributed by atoms with Crippen LogP contribution in [-0.2, 0) is 4.79 Å². The van der Waals surface area contributed by atoms with E-state index in [0.29, 0.717) is 43.6 Å². The lowest BCUT2D eigenvalue weighted by molar-refractivity contribution is -0.132. The number of aromatic nitrogens is 2. The summed E-state index contributed by atoms with van der Waals surface area (Å²) in [5, 5.41) is 17.0. The summed E-state index contributed by atoms with van der Waals surface area (Å²) in [5.41, 5.74) is 0.416. The van der Waals surface area contributed by atoms with Crippen molar-refractivity contribution in [3.8, 4) is 5.75 Å². The number of fused-ring (bicyclic) bond motifs is 3. The van der Waals surface area contributed by atoms with Crippen molar-refractivity contribution in [1.29, 1.82) is 0 Å². The van der Waals surface area contributed by atoms with Crippen molar-refractivity contribution in [1.82, 2.24) is 20.6 Å². The normalized spacial score (nSPS) is 27.8. The van der Waals surface area contributed by atoms with Crippen molar-refractivity contribution in [2.24, 2.45) is 0 Å². The summed E-state index contributed by atoms with van der Waals surface area (Å²) in [6, 6.07) is 4.45. The average molecular weight is 469 g/mol. The molecule has 9 heteroatoms. The Bertz CT molecular complexity index is 1090. The first-order valence-corrected chi connectivity index (χ1v) is 11.8. The van der Waals surface area contributed by atoms with Gasteiger partial charge in [-0.15, -0.1) is 0 Å². The molecule has 1 heterocycles. The number of rotatable bonds is 7. The lowest BCUT2D eigenvalue weighted by Crippen LogP contribution is -2.70. The molecule has 1 aromatic heterocycles. The molecule has 4 fully saturated rings. The van der Waals surface area contributed by atoms with Gasteiger partial charge in [-0.1, -0.05) is 6.07 Å². The number of carbonyl (C=O) groups excluding carboxylic acids is 2. The number of amides is 2. The van der Waals surface area contributed by atoms with Crippen molar-refractivity contribution in [3.05, 3.63) is 53.4 Å². The van der Waals surface area contributed by atoms with E-state index in [4.69, 9.17) is 4.74 Å². The van der Waals surface area contributed by atoms with Gasteiger partial charge >= 0.3 is 0 Å². The number of aryl methyl sites for hydroxylation is 1. The maximum Gasteiger partial charge on any atom is 0.271 e. The van der Waals surface area contributed by atoms with E-state index in [2.05, 4.69) is 20.6 Å². The van der Waals surface area contributed by atoms with Gasteiger partial charge in [-0.3, -0.25) is 14.6 Å². The van der Waals surface area contributed by atoms with Gasteiger partial charge in [0, 0.05) is 23.7 Å². The van der Waals surface area contributed by atoms with Crippen molar-refractivity contribution < 1.29 is 23.8 Å². The summed E-state index contributed by atoms with van der Waals surface area (Å²) in [7, 11) is 0. The minimum absolute atomic E-state index is 0.269. The molecule has 34 heavy (non-hydrogen) atoms. The maximum atomic E-state index is 13.7. The second-order valence-corrected chi connectivity index (χ2v) is 9.96. The lowest BCUT2D eigenvalue weighted by Gasteiger charge is -2.56. The number of aliphatic hydroxyl groups excluding tert-OH is 1. The smallest absolute Gasteiger partial charge is 0.271 e. The Kier molecular flexibility index (Phi) is 5.75. The van der Waals surface area contributed by atoms with Crippen LogP contribution in [0.5, 0.6) is 5.75 Å². The number of aliphatic hydroxyl groups is 1. The summed E-state index contributed by atoms with van der Waals surface area (Å²) in [5.74, 6) is -0.307. The predicted molar refractivity (Wildman–Crippen MR) is 121 cm³/mol. The number of nitrogens with one attached hydrogen (secondary N) is 2. The number of hydrogen-bond donors (Lipinski definition) is 3. The molecule has 2 amide bonds. The standard InChI is InChI=1S/C25H29FN4O4/c1-15-2-5-17(10-18(15)26)34-14-22(32)29-25-8-6-24(7-9-25,11-21(25)31)30-23(33)20-13-27-19(12-28-20)16-3-4-16/h2,5,10,12-13,16,21,31H,3-4,6-9,11,14H2,1H3,(H,29,32)(H,30,33)/t21-,24?,25?/m0/s1. The quantitative estimate of drug-likeness (QED) is 0.576. The Labute approximate surface area is 197 Å². The van der Waals surface area contributed by atoms with Gasteiger partial charge in [-0.25, -0.2) is 9.37 Å². The number of benzene rings is 1. The van der Waals surface area contributed by atoms with Crippen molar-refractivity contribution in [3.63, 3.8) is 0 Å². The van der Waals surface area contributed by atoms with Gasteiger partial charge in [0.1, 0.15) is 17.3 Å². The highest BCUT2D eigenvalue weighted by Crippen LogP contribution is 2.47. The van der Waals surface area contributed by atoms with Gasteiger partial charge in [-0.05, 0) is 63.5 Å². The molecule has 0 unspecified atom stereocenters. The van der Waals surface area contributed by atoms with Crippen LogP contribution in [0.15, 0.2) is 30.6 Å². The van der Waals surface area contributed by atoms with Crippen LogP contribution in [0.3, 0.4) is 0 Å². The third kappa shape index (κ3) is 4.49. The van der Waals surface area contributed by atoms with E-state index >= 15 is 0 Å². The molecule has 6 rings (SSSR count). The molecule has 0 aliphatic heterocycles. The third-order valence-electron chi connectivity index (χ3n) is 7.50. The summed E-state index contributed by atoms with van der Waals surface area (Å²) in [6.07, 6.45) is 7.31. The summed E-state index contributed by atoms with van der Waals surface area (Å²) in [6.45, 7) is 1.38. The van der Waals surface area contributed by atoms with Crippen LogP contribution in [0.2, 0.25) is 0 Å². The molecule has 4 aliphatic carbocycles. The minimum Gasteiger partial charge on any atom is -0.484 e. The largest absolute Gasteiger partial charge is 0.484 e. The molecule has 3 N–H and O–H groups in total. The van der Waals surface area contributed by atoms with E-state index in [1.165, 1.54) is 12.3 Å². The second kappa shape index (κ2) is 8.61. The van der Waals surface area contributed by atoms with Crippen LogP contribution >= 0.6 is 0 Å². The number of hydrogen-bond acceptors (Lipinski definition) is 6. The van der Waals surface area contributed by atoms with Crippen LogP contribution < -0.4 is 15.4 Å². The molecule has 1 aromatic carbocycles. The van der Waals surface area contributed by atoms with Crippen molar-refractivity contribution in [2.75, 3.05) is 6.61 Å². The minimum atomic E-state index is -0.806. The first kappa shape index (κ1) is 22.7. The molecule has 1 atom stereocenters. The van der Waals surface area contributed by atoms with Gasteiger partial charge in [0.25, 0.3) is 11.8 Å². The Morgan fingerprint density at radius 2 is 1.91 bits per heavy atom. The number of carbonyl (C=O) groups is 2. The summed E-state index contributed by atoms with van der Waals surface area (Å²) in [4.78, 5) is 34.0. The molecule has 2 aromatic rings. The van der Waals surface area contributed by atoms with Crippen LogP contribution in [0, 0.1) is 12.7 Å². The summed E-state index contributed by atoms with van der Waals surface area (Å²) >= 11 is 0. The molecule has 4 aliphatic rings. The highest BCUT2D eigenvalue weighted by molar-refractivity contribution is 5.92. The Balaban J connectivity index is 1.16.